The molecule has 0 amide bonds. The molecule has 1 aromatic carbocycles. The molecule has 1 aromatic rings. The van der Waals surface area contributed by atoms with E-state index >= 15 is 0 Å². The van der Waals surface area contributed by atoms with Gasteiger partial charge in [-0.15, -0.1) is 0 Å². The molecule has 2 fully saturated rings. The summed E-state index contributed by atoms with van der Waals surface area (Å²) >= 11 is 0. The van der Waals surface area contributed by atoms with Gasteiger partial charge in [-0.05, 0) is 92.7 Å². The highest BCUT2D eigenvalue weighted by atomic mass is 19.4. The summed E-state index contributed by atoms with van der Waals surface area (Å²) < 4.78 is 52.2. The maximum absolute atomic E-state index is 13.9. The number of benzene rings is 1. The van der Waals surface area contributed by atoms with Gasteiger partial charge in [0, 0.05) is 0 Å². The minimum Gasteiger partial charge on any atom is -0.206 e. The molecule has 2 aliphatic carbocycles. The van der Waals surface area contributed by atoms with E-state index in [0.29, 0.717) is 0 Å². The normalized spacial score (nSPS) is 28.6. The molecule has 0 nitrogen and oxygen atoms in total. The maximum Gasteiger partial charge on any atom is 0.419 e. The molecule has 0 saturated heterocycles. The third kappa shape index (κ3) is 5.96. The van der Waals surface area contributed by atoms with E-state index in [4.69, 9.17) is 0 Å². The van der Waals surface area contributed by atoms with Crippen LogP contribution in [0.4, 0.5) is 17.6 Å². The predicted molar refractivity (Wildman–Crippen MR) is 110 cm³/mol. The molecule has 0 bridgehead atoms. The van der Waals surface area contributed by atoms with Gasteiger partial charge in [-0.2, -0.15) is 13.2 Å². The summed E-state index contributed by atoms with van der Waals surface area (Å²) in [6, 6.07) is 3.49. The minimum absolute atomic E-state index is 0.191. The van der Waals surface area contributed by atoms with Crippen molar-refractivity contribution in [3.63, 3.8) is 0 Å². The Morgan fingerprint density at radius 2 is 1.55 bits per heavy atom. The van der Waals surface area contributed by atoms with Gasteiger partial charge in [-0.1, -0.05) is 43.7 Å². The first kappa shape index (κ1) is 22.1. The van der Waals surface area contributed by atoms with Gasteiger partial charge in [0.2, 0.25) is 0 Å². The monoisotopic (exact) mass is 408 g/mol. The van der Waals surface area contributed by atoms with Crippen LogP contribution in [0.3, 0.4) is 0 Å². The van der Waals surface area contributed by atoms with Crippen molar-refractivity contribution in [2.75, 3.05) is 0 Å². The molecule has 160 valence electrons. The average molecular weight is 409 g/mol. The molecule has 0 aliphatic heterocycles. The van der Waals surface area contributed by atoms with Crippen molar-refractivity contribution in [3.8, 4) is 0 Å². The summed E-state index contributed by atoms with van der Waals surface area (Å²) in [5, 5.41) is 0. The van der Waals surface area contributed by atoms with E-state index < -0.39 is 17.6 Å². The second-order valence-electron chi connectivity index (χ2n) is 8.87. The molecular formula is C25H32F4. The Morgan fingerprint density at radius 3 is 2.10 bits per heavy atom. The van der Waals surface area contributed by atoms with Crippen LogP contribution in [0, 0.1) is 23.6 Å². The van der Waals surface area contributed by atoms with Crippen molar-refractivity contribution in [2.24, 2.45) is 17.8 Å². The zero-order chi connectivity index (χ0) is 20.9. The van der Waals surface area contributed by atoms with E-state index in [1.165, 1.54) is 38.2 Å². The lowest BCUT2D eigenvalue weighted by atomic mass is 9.68. The van der Waals surface area contributed by atoms with Crippen LogP contribution in [0.25, 0.3) is 0 Å². The number of halogens is 4. The van der Waals surface area contributed by atoms with Crippen LogP contribution in [0.5, 0.6) is 0 Å². The Bertz CT molecular complexity index is 687. The van der Waals surface area contributed by atoms with Gasteiger partial charge in [0.05, 0.1) is 5.56 Å². The lowest BCUT2D eigenvalue weighted by Gasteiger charge is -2.38. The van der Waals surface area contributed by atoms with E-state index in [-0.39, 0.29) is 5.92 Å². The predicted octanol–water partition coefficient (Wildman–Crippen LogP) is 8.45. The van der Waals surface area contributed by atoms with Gasteiger partial charge in [0.1, 0.15) is 5.82 Å². The van der Waals surface area contributed by atoms with E-state index in [1.54, 1.807) is 0 Å². The Labute approximate surface area is 172 Å². The molecular weight excluding hydrogens is 376 g/mol. The Kier molecular flexibility index (Phi) is 7.59. The Hall–Kier alpha value is -1.58. The zero-order valence-electron chi connectivity index (χ0n) is 17.1. The molecule has 0 radical (unpaired) electrons. The standard InChI is InChI=1S/C25H32F4/c1-2-3-4-5-6-18-7-9-19(10-8-18)20-11-13-21(14-12-20)22-15-16-23(24(26)17-22)25(27,28)29/h2-4,15-21H,1,5-14H2/b4-3+. The van der Waals surface area contributed by atoms with E-state index in [0.717, 1.165) is 67.6 Å². The second kappa shape index (κ2) is 9.95. The first-order valence-electron chi connectivity index (χ1n) is 11.0. The van der Waals surface area contributed by atoms with Crippen LogP contribution in [0.1, 0.15) is 81.3 Å². The smallest absolute Gasteiger partial charge is 0.206 e. The molecule has 2 saturated carbocycles. The Morgan fingerprint density at radius 1 is 0.931 bits per heavy atom. The second-order valence-corrected chi connectivity index (χ2v) is 8.87. The number of allylic oxidation sites excluding steroid dienone is 3. The van der Waals surface area contributed by atoms with Crippen molar-refractivity contribution in [1.82, 2.24) is 0 Å². The summed E-state index contributed by atoms with van der Waals surface area (Å²) in [6.07, 6.45) is 13.2. The highest BCUT2D eigenvalue weighted by Crippen LogP contribution is 2.45. The molecule has 29 heavy (non-hydrogen) atoms. The molecule has 0 heterocycles. The van der Waals surface area contributed by atoms with Gasteiger partial charge >= 0.3 is 6.18 Å². The lowest BCUT2D eigenvalue weighted by molar-refractivity contribution is -0.140. The zero-order valence-corrected chi connectivity index (χ0v) is 17.1. The fourth-order valence-electron chi connectivity index (χ4n) is 5.41. The van der Waals surface area contributed by atoms with Gasteiger partial charge < -0.3 is 0 Å². The van der Waals surface area contributed by atoms with Crippen LogP contribution < -0.4 is 0 Å². The quantitative estimate of drug-likeness (QED) is 0.327. The molecule has 0 unspecified atom stereocenters. The summed E-state index contributed by atoms with van der Waals surface area (Å²) in [7, 11) is 0. The fraction of sp³-hybridized carbons (Fsp3) is 0.600. The van der Waals surface area contributed by atoms with Gasteiger partial charge in [0.25, 0.3) is 0 Å². The largest absolute Gasteiger partial charge is 0.419 e. The average Bonchev–Trinajstić information content (AvgIpc) is 2.71. The first-order chi connectivity index (χ1) is 13.9. The third-order valence-corrected chi connectivity index (χ3v) is 7.11. The van der Waals surface area contributed by atoms with Gasteiger partial charge in [-0.3, -0.25) is 0 Å². The summed E-state index contributed by atoms with van der Waals surface area (Å²) in [4.78, 5) is 0. The van der Waals surface area contributed by atoms with Crippen LogP contribution in [-0.4, -0.2) is 0 Å². The van der Waals surface area contributed by atoms with Crippen LogP contribution in [0.2, 0.25) is 0 Å². The summed E-state index contributed by atoms with van der Waals surface area (Å²) in [5.41, 5.74) is -0.433. The van der Waals surface area contributed by atoms with Crippen molar-refractivity contribution in [1.29, 1.82) is 0 Å². The van der Waals surface area contributed by atoms with Gasteiger partial charge in [-0.25, -0.2) is 4.39 Å². The highest BCUT2D eigenvalue weighted by molar-refractivity contribution is 5.29. The van der Waals surface area contributed by atoms with E-state index in [9.17, 15) is 17.6 Å². The molecule has 3 rings (SSSR count). The summed E-state index contributed by atoms with van der Waals surface area (Å²) in [6.45, 7) is 3.70. The SMILES string of the molecule is C=C/C=C/CCC1CCC(C2CCC(c3ccc(C(F)(F)F)c(F)c3)CC2)CC1. The van der Waals surface area contributed by atoms with Crippen molar-refractivity contribution in [2.45, 2.75) is 76.3 Å². The first-order valence-corrected chi connectivity index (χ1v) is 11.0. The fourth-order valence-corrected chi connectivity index (χ4v) is 5.41. The molecule has 0 atom stereocenters. The lowest BCUT2D eigenvalue weighted by Crippen LogP contribution is -2.25. The van der Waals surface area contributed by atoms with Crippen molar-refractivity contribution < 1.29 is 17.6 Å². The van der Waals surface area contributed by atoms with Crippen molar-refractivity contribution in [3.05, 3.63) is 60.0 Å². The molecule has 0 aromatic heterocycles. The minimum atomic E-state index is -4.62. The maximum atomic E-state index is 13.9. The van der Waals surface area contributed by atoms with Crippen LogP contribution >= 0.6 is 0 Å². The summed E-state index contributed by atoms with van der Waals surface area (Å²) in [5.74, 6) is 1.41. The number of rotatable bonds is 6. The van der Waals surface area contributed by atoms with Crippen LogP contribution in [0.15, 0.2) is 43.0 Å². The highest BCUT2D eigenvalue weighted by Gasteiger charge is 2.35. The van der Waals surface area contributed by atoms with E-state index in [2.05, 4.69) is 12.7 Å². The van der Waals surface area contributed by atoms with Crippen LogP contribution in [-0.2, 0) is 6.18 Å². The molecule has 4 heteroatoms. The molecule has 0 spiro atoms. The number of alkyl halides is 3. The van der Waals surface area contributed by atoms with Gasteiger partial charge in [0.15, 0.2) is 0 Å². The third-order valence-electron chi connectivity index (χ3n) is 7.11. The van der Waals surface area contributed by atoms with Crippen molar-refractivity contribution >= 4 is 0 Å². The molecule has 2 aliphatic rings. The number of hydrogen-bond acceptors (Lipinski definition) is 0. The Balaban J connectivity index is 1.46. The topological polar surface area (TPSA) is 0 Å². The number of hydrogen-bond donors (Lipinski definition) is 0. The van der Waals surface area contributed by atoms with E-state index in [1.807, 2.05) is 12.2 Å². The molecule has 0 N–H and O–H groups in total.